The van der Waals surface area contributed by atoms with Crippen LogP contribution in [0.1, 0.15) is 51.3 Å². The van der Waals surface area contributed by atoms with Gasteiger partial charge in [-0.1, -0.05) is 12.8 Å². The third-order valence-corrected chi connectivity index (χ3v) is 5.92. The predicted octanol–water partition coefficient (Wildman–Crippen LogP) is 2.74. The molecule has 0 saturated heterocycles. The number of rotatable bonds is 6. The Morgan fingerprint density at radius 3 is 3.04 bits per heavy atom. The van der Waals surface area contributed by atoms with Crippen molar-refractivity contribution in [3.8, 4) is 0 Å². The first-order valence-corrected chi connectivity index (χ1v) is 9.42. The molecule has 2 aromatic heterocycles. The SMILES string of the molecule is CCO[C@@H]1C[C@H](NC(=O)CCc2nc3ncccc3[nH]2)C12CCCC2. The van der Waals surface area contributed by atoms with Crippen molar-refractivity contribution < 1.29 is 9.53 Å². The van der Waals surface area contributed by atoms with Crippen LogP contribution in [-0.4, -0.2) is 39.6 Å². The number of fused-ring (bicyclic) bond motifs is 1. The highest BCUT2D eigenvalue weighted by Crippen LogP contribution is 2.54. The van der Waals surface area contributed by atoms with Crippen molar-refractivity contribution >= 4 is 17.1 Å². The fraction of sp³-hybridized carbons (Fsp3) is 0.632. The van der Waals surface area contributed by atoms with Gasteiger partial charge in [0.2, 0.25) is 5.91 Å². The van der Waals surface area contributed by atoms with Gasteiger partial charge < -0.3 is 15.0 Å². The zero-order chi connectivity index (χ0) is 17.3. The molecule has 2 aliphatic carbocycles. The van der Waals surface area contributed by atoms with Crippen LogP contribution in [0.15, 0.2) is 18.3 Å². The fourth-order valence-electron chi connectivity index (χ4n) is 4.60. The summed E-state index contributed by atoms with van der Waals surface area (Å²) in [6, 6.07) is 4.10. The smallest absolute Gasteiger partial charge is 0.220 e. The number of carbonyl (C=O) groups is 1. The number of pyridine rings is 1. The summed E-state index contributed by atoms with van der Waals surface area (Å²) in [7, 11) is 0. The van der Waals surface area contributed by atoms with Crippen LogP contribution in [0, 0.1) is 5.41 Å². The highest BCUT2D eigenvalue weighted by molar-refractivity contribution is 5.77. The van der Waals surface area contributed by atoms with Gasteiger partial charge in [0.15, 0.2) is 5.65 Å². The summed E-state index contributed by atoms with van der Waals surface area (Å²) in [6.07, 6.45) is 8.93. The van der Waals surface area contributed by atoms with Crippen molar-refractivity contribution in [3.63, 3.8) is 0 Å². The maximum atomic E-state index is 12.4. The number of H-pyrrole nitrogens is 1. The van der Waals surface area contributed by atoms with E-state index in [1.165, 1.54) is 25.7 Å². The summed E-state index contributed by atoms with van der Waals surface area (Å²) < 4.78 is 5.92. The first-order valence-electron chi connectivity index (χ1n) is 9.42. The van der Waals surface area contributed by atoms with Gasteiger partial charge in [-0.3, -0.25) is 4.79 Å². The molecule has 1 amide bonds. The van der Waals surface area contributed by atoms with E-state index in [2.05, 4.69) is 27.2 Å². The quantitative estimate of drug-likeness (QED) is 0.846. The fourth-order valence-corrected chi connectivity index (χ4v) is 4.60. The van der Waals surface area contributed by atoms with Crippen molar-refractivity contribution in [3.05, 3.63) is 24.2 Å². The Balaban J connectivity index is 1.33. The molecule has 0 aromatic carbocycles. The molecular formula is C19H26N4O2. The molecule has 0 radical (unpaired) electrons. The number of carbonyl (C=O) groups excluding carboxylic acids is 1. The van der Waals surface area contributed by atoms with E-state index < -0.39 is 0 Å². The summed E-state index contributed by atoms with van der Waals surface area (Å²) >= 11 is 0. The van der Waals surface area contributed by atoms with Crippen molar-refractivity contribution in [2.75, 3.05) is 6.61 Å². The average Bonchev–Trinajstić information content (AvgIpc) is 3.27. The summed E-state index contributed by atoms with van der Waals surface area (Å²) in [4.78, 5) is 24.3. The minimum atomic E-state index is 0.111. The van der Waals surface area contributed by atoms with E-state index in [4.69, 9.17) is 4.74 Å². The lowest BCUT2D eigenvalue weighted by molar-refractivity contribution is -0.144. The van der Waals surface area contributed by atoms with Crippen molar-refractivity contribution in [2.24, 2.45) is 5.41 Å². The molecule has 4 rings (SSSR count). The third kappa shape index (κ3) is 3.03. The number of hydrogen-bond acceptors (Lipinski definition) is 4. The van der Waals surface area contributed by atoms with Crippen LogP contribution in [0.25, 0.3) is 11.2 Å². The molecule has 2 saturated carbocycles. The number of ether oxygens (including phenoxy) is 1. The molecule has 6 heteroatoms. The molecule has 2 fully saturated rings. The van der Waals surface area contributed by atoms with Gasteiger partial charge in [-0.25, -0.2) is 9.97 Å². The second-order valence-corrected chi connectivity index (χ2v) is 7.30. The Hall–Kier alpha value is -1.95. The normalized spacial score (nSPS) is 24.5. The van der Waals surface area contributed by atoms with Crippen molar-refractivity contribution in [1.82, 2.24) is 20.3 Å². The molecule has 0 unspecified atom stereocenters. The molecule has 0 bridgehead atoms. The van der Waals surface area contributed by atoms with Crippen LogP contribution in [0.4, 0.5) is 0 Å². The molecule has 134 valence electrons. The molecule has 2 N–H and O–H groups in total. The predicted molar refractivity (Wildman–Crippen MR) is 95.1 cm³/mol. The summed E-state index contributed by atoms with van der Waals surface area (Å²) in [5.41, 5.74) is 1.82. The van der Waals surface area contributed by atoms with Crippen molar-refractivity contribution in [2.45, 2.75) is 64.0 Å². The Labute approximate surface area is 147 Å². The van der Waals surface area contributed by atoms with Gasteiger partial charge in [-0.2, -0.15) is 0 Å². The monoisotopic (exact) mass is 342 g/mol. The number of nitrogens with zero attached hydrogens (tertiary/aromatic N) is 2. The zero-order valence-corrected chi connectivity index (χ0v) is 14.8. The molecule has 25 heavy (non-hydrogen) atoms. The molecule has 0 aliphatic heterocycles. The summed E-state index contributed by atoms with van der Waals surface area (Å²) in [5.74, 6) is 0.930. The molecule has 1 spiro atoms. The Morgan fingerprint density at radius 2 is 2.28 bits per heavy atom. The van der Waals surface area contributed by atoms with E-state index in [9.17, 15) is 4.79 Å². The molecule has 2 atom stereocenters. The molecule has 2 heterocycles. The first-order chi connectivity index (χ1) is 12.2. The number of hydrogen-bond donors (Lipinski definition) is 2. The van der Waals surface area contributed by atoms with Gasteiger partial charge >= 0.3 is 0 Å². The molecule has 6 nitrogen and oxygen atoms in total. The summed E-state index contributed by atoms with van der Waals surface area (Å²) in [6.45, 7) is 2.81. The van der Waals surface area contributed by atoms with E-state index in [0.29, 0.717) is 24.6 Å². The lowest BCUT2D eigenvalue weighted by Crippen LogP contribution is -2.63. The van der Waals surface area contributed by atoms with E-state index in [-0.39, 0.29) is 17.4 Å². The average molecular weight is 342 g/mol. The maximum absolute atomic E-state index is 12.4. The van der Waals surface area contributed by atoms with Crippen LogP contribution in [0.3, 0.4) is 0 Å². The van der Waals surface area contributed by atoms with Gasteiger partial charge in [0, 0.05) is 37.1 Å². The zero-order valence-electron chi connectivity index (χ0n) is 14.8. The lowest BCUT2D eigenvalue weighted by Gasteiger charge is -2.54. The van der Waals surface area contributed by atoms with E-state index in [1.54, 1.807) is 6.20 Å². The van der Waals surface area contributed by atoms with Crippen LogP contribution < -0.4 is 5.32 Å². The molecule has 2 aromatic rings. The summed E-state index contributed by atoms with van der Waals surface area (Å²) in [5, 5.41) is 3.27. The van der Waals surface area contributed by atoms with Crippen LogP contribution in [-0.2, 0) is 16.0 Å². The topological polar surface area (TPSA) is 79.9 Å². The Kier molecular flexibility index (Phi) is 4.46. The number of aryl methyl sites for hydroxylation is 1. The Morgan fingerprint density at radius 1 is 1.44 bits per heavy atom. The van der Waals surface area contributed by atoms with Crippen LogP contribution >= 0.6 is 0 Å². The molecular weight excluding hydrogens is 316 g/mol. The Bertz CT molecular complexity index is 718. The van der Waals surface area contributed by atoms with Gasteiger partial charge in [0.25, 0.3) is 0 Å². The highest BCUT2D eigenvalue weighted by Gasteiger charge is 2.57. The number of amides is 1. The van der Waals surface area contributed by atoms with E-state index >= 15 is 0 Å². The lowest BCUT2D eigenvalue weighted by atomic mass is 9.60. The molecule has 2 aliphatic rings. The first kappa shape index (κ1) is 16.5. The standard InChI is InChI=1S/C19H26N4O2/c1-2-25-15-12-14(19(15)9-3-4-10-19)22-17(24)8-7-16-21-13-6-5-11-20-18(13)23-16/h5-6,11,14-15H,2-4,7-10,12H2,1H3,(H,22,24)(H,20,21,23)/t14-,15+/m0/s1. The third-order valence-electron chi connectivity index (χ3n) is 5.92. The van der Waals surface area contributed by atoms with Gasteiger partial charge in [-0.05, 0) is 38.3 Å². The maximum Gasteiger partial charge on any atom is 0.220 e. The second kappa shape index (κ2) is 6.75. The number of nitrogens with one attached hydrogen (secondary N) is 2. The van der Waals surface area contributed by atoms with E-state index in [1.807, 2.05) is 12.1 Å². The second-order valence-electron chi connectivity index (χ2n) is 7.30. The number of aromatic amines is 1. The van der Waals surface area contributed by atoms with Crippen molar-refractivity contribution in [1.29, 1.82) is 0 Å². The largest absolute Gasteiger partial charge is 0.378 e. The van der Waals surface area contributed by atoms with E-state index in [0.717, 1.165) is 24.4 Å². The minimum absolute atomic E-state index is 0.111. The van der Waals surface area contributed by atoms with Crippen LogP contribution in [0.2, 0.25) is 0 Å². The number of aromatic nitrogens is 3. The van der Waals surface area contributed by atoms with Gasteiger partial charge in [0.05, 0.1) is 11.6 Å². The van der Waals surface area contributed by atoms with Crippen LogP contribution in [0.5, 0.6) is 0 Å². The van der Waals surface area contributed by atoms with Gasteiger partial charge in [0.1, 0.15) is 5.82 Å². The van der Waals surface area contributed by atoms with Gasteiger partial charge in [-0.15, -0.1) is 0 Å². The highest BCUT2D eigenvalue weighted by atomic mass is 16.5. The number of imidazole rings is 1. The minimum Gasteiger partial charge on any atom is -0.378 e.